The molecule has 1 N–H and O–H groups in total. The molecule has 2 aromatic rings. The molecule has 0 spiro atoms. The van der Waals surface area contributed by atoms with E-state index in [4.69, 9.17) is 27.9 Å². The number of carboxylic acids is 1. The Morgan fingerprint density at radius 1 is 1.13 bits per heavy atom. The molecule has 0 unspecified atom stereocenters. The van der Waals surface area contributed by atoms with E-state index in [0.717, 1.165) is 12.8 Å². The summed E-state index contributed by atoms with van der Waals surface area (Å²) in [6, 6.07) is 10.8. The molecule has 4 rings (SSSR count). The summed E-state index contributed by atoms with van der Waals surface area (Å²) in [5.41, 5.74) is 1.33. The van der Waals surface area contributed by atoms with Crippen molar-refractivity contribution in [3.63, 3.8) is 0 Å². The van der Waals surface area contributed by atoms with Gasteiger partial charge in [-0.05, 0) is 90.9 Å². The van der Waals surface area contributed by atoms with Gasteiger partial charge in [0, 0.05) is 15.5 Å². The van der Waals surface area contributed by atoms with Crippen molar-refractivity contribution in [3.8, 4) is 0 Å². The summed E-state index contributed by atoms with van der Waals surface area (Å²) >= 11 is 16.0. The minimum absolute atomic E-state index is 0.0244. The molecule has 1 aliphatic carbocycles. The molecule has 38 heavy (non-hydrogen) atoms. The van der Waals surface area contributed by atoms with Gasteiger partial charge in [-0.1, -0.05) is 41.4 Å². The SMILES string of the molecule is CC(C)(C)S(=O)(=O)C[C@H](C1CC1)N1C(=O)[C@H](CC(=O)O)O[C@H](c2ccc(Br)c(Cl)c2)[C@H]1c1ccc(Cl)cc1. The average molecular weight is 647 g/mol. The number of nitrogens with zero attached hydrogens (tertiary/aromatic N) is 1. The first-order valence-corrected chi connectivity index (χ1v) is 15.5. The summed E-state index contributed by atoms with van der Waals surface area (Å²) < 4.78 is 32.7. The molecular formula is C27H30BrCl2NO6S. The lowest BCUT2D eigenvalue weighted by molar-refractivity contribution is -0.183. The zero-order valence-corrected chi connectivity index (χ0v) is 25.1. The van der Waals surface area contributed by atoms with Crippen LogP contribution in [0.1, 0.15) is 63.3 Å². The fourth-order valence-electron chi connectivity index (χ4n) is 4.77. The number of carboxylic acid groups (broad SMARTS) is 1. The second kappa shape index (κ2) is 11.1. The maximum Gasteiger partial charge on any atom is 0.306 e. The Labute approximate surface area is 241 Å². The van der Waals surface area contributed by atoms with Gasteiger partial charge >= 0.3 is 5.97 Å². The third-order valence-electron chi connectivity index (χ3n) is 7.12. The van der Waals surface area contributed by atoms with Crippen LogP contribution in [0.15, 0.2) is 46.9 Å². The number of sulfone groups is 1. The number of halogens is 3. The maximum absolute atomic E-state index is 14.0. The molecule has 2 fully saturated rings. The first-order valence-electron chi connectivity index (χ1n) is 12.3. The number of aliphatic carboxylic acids is 1. The molecule has 1 heterocycles. The van der Waals surface area contributed by atoms with E-state index in [9.17, 15) is 23.1 Å². The number of hydrogen-bond donors (Lipinski definition) is 1. The highest BCUT2D eigenvalue weighted by Crippen LogP contribution is 2.48. The molecule has 7 nitrogen and oxygen atoms in total. The first kappa shape index (κ1) is 29.3. The Hall–Kier alpha value is -1.65. The molecule has 1 amide bonds. The maximum atomic E-state index is 14.0. The normalized spacial score (nSPS) is 23.4. The number of rotatable bonds is 8. The van der Waals surface area contributed by atoms with E-state index in [-0.39, 0.29) is 11.7 Å². The van der Waals surface area contributed by atoms with Crippen molar-refractivity contribution in [3.05, 3.63) is 68.1 Å². The van der Waals surface area contributed by atoms with E-state index >= 15 is 0 Å². The highest BCUT2D eigenvalue weighted by atomic mass is 79.9. The van der Waals surface area contributed by atoms with Crippen LogP contribution in [0.25, 0.3) is 0 Å². The second-order valence-electron chi connectivity index (χ2n) is 10.9. The van der Waals surface area contributed by atoms with Crippen LogP contribution in [-0.4, -0.2) is 52.9 Å². The van der Waals surface area contributed by atoms with Crippen molar-refractivity contribution in [1.82, 2.24) is 4.90 Å². The largest absolute Gasteiger partial charge is 0.481 e. The van der Waals surface area contributed by atoms with E-state index in [2.05, 4.69) is 15.9 Å². The summed E-state index contributed by atoms with van der Waals surface area (Å²) in [7, 11) is -3.62. The minimum Gasteiger partial charge on any atom is -0.481 e. The summed E-state index contributed by atoms with van der Waals surface area (Å²) in [5.74, 6) is -1.98. The molecule has 1 saturated carbocycles. The Bertz CT molecular complexity index is 1320. The van der Waals surface area contributed by atoms with Crippen LogP contribution < -0.4 is 0 Å². The van der Waals surface area contributed by atoms with E-state index in [1.807, 2.05) is 0 Å². The van der Waals surface area contributed by atoms with Crippen molar-refractivity contribution in [2.24, 2.45) is 5.92 Å². The Balaban J connectivity index is 1.90. The summed E-state index contributed by atoms with van der Waals surface area (Å²) in [4.78, 5) is 27.3. The van der Waals surface area contributed by atoms with E-state index < -0.39 is 57.2 Å². The van der Waals surface area contributed by atoms with E-state index in [0.29, 0.717) is 25.6 Å². The molecule has 1 saturated heterocycles. The van der Waals surface area contributed by atoms with Crippen LogP contribution in [0.2, 0.25) is 10.0 Å². The molecule has 1 aliphatic heterocycles. The zero-order chi connectivity index (χ0) is 28.0. The standard InChI is InChI=1S/C27H30BrCl2NO6S/c1-27(2,3)38(35,36)14-21(15-4-5-15)31-24(16-6-9-18(29)10-7-16)25(17-8-11-19(28)20(30)12-17)37-22(26(31)34)13-23(32)33/h6-12,15,21-22,24-25H,4-5,13-14H2,1-3H3,(H,32,33)/t21-,22+,24-,25-/m1/s1. The smallest absolute Gasteiger partial charge is 0.306 e. The number of amides is 1. The first-order chi connectivity index (χ1) is 17.7. The molecule has 0 bridgehead atoms. The van der Waals surface area contributed by atoms with Crippen LogP contribution in [0.5, 0.6) is 0 Å². The van der Waals surface area contributed by atoms with Gasteiger partial charge in [-0.15, -0.1) is 0 Å². The second-order valence-corrected chi connectivity index (χ2v) is 15.3. The van der Waals surface area contributed by atoms with E-state index in [1.54, 1.807) is 68.1 Å². The third kappa shape index (κ3) is 6.22. The van der Waals surface area contributed by atoms with Gasteiger partial charge in [0.25, 0.3) is 5.91 Å². The van der Waals surface area contributed by atoms with Gasteiger partial charge in [-0.2, -0.15) is 0 Å². The van der Waals surface area contributed by atoms with Crippen LogP contribution in [0.4, 0.5) is 0 Å². The van der Waals surface area contributed by atoms with Crippen LogP contribution >= 0.6 is 39.1 Å². The number of ether oxygens (including phenoxy) is 1. The average Bonchev–Trinajstić information content (AvgIpc) is 3.66. The predicted molar refractivity (Wildman–Crippen MR) is 150 cm³/mol. The number of morpholine rings is 1. The van der Waals surface area contributed by atoms with Gasteiger partial charge in [0.05, 0.1) is 28.0 Å². The van der Waals surface area contributed by atoms with E-state index in [1.165, 1.54) is 0 Å². The van der Waals surface area contributed by atoms with Crippen molar-refractivity contribution in [1.29, 1.82) is 0 Å². The quantitative estimate of drug-likeness (QED) is 0.365. The summed E-state index contributed by atoms with van der Waals surface area (Å²) in [6.45, 7) is 4.93. The van der Waals surface area contributed by atoms with Crippen LogP contribution in [0, 0.1) is 5.92 Å². The number of benzene rings is 2. The van der Waals surface area contributed by atoms with Gasteiger partial charge in [-0.25, -0.2) is 8.42 Å². The monoisotopic (exact) mass is 645 g/mol. The Kier molecular flexibility index (Phi) is 8.56. The lowest BCUT2D eigenvalue weighted by Crippen LogP contribution is -2.58. The van der Waals surface area contributed by atoms with Gasteiger partial charge in [0.2, 0.25) is 0 Å². The molecule has 2 aliphatic rings. The summed E-state index contributed by atoms with van der Waals surface area (Å²) in [6.07, 6.45) is -1.08. The van der Waals surface area contributed by atoms with Gasteiger partial charge in [-0.3, -0.25) is 9.59 Å². The third-order valence-corrected chi connectivity index (χ3v) is 11.2. The van der Waals surface area contributed by atoms with Crippen LogP contribution in [-0.2, 0) is 24.2 Å². The number of carbonyl (C=O) groups excluding carboxylic acids is 1. The predicted octanol–water partition coefficient (Wildman–Crippen LogP) is 6.23. The minimum atomic E-state index is -3.62. The molecule has 206 valence electrons. The molecule has 2 aromatic carbocycles. The van der Waals surface area contributed by atoms with Crippen LogP contribution in [0.3, 0.4) is 0 Å². The van der Waals surface area contributed by atoms with Gasteiger partial charge < -0.3 is 14.7 Å². The number of hydrogen-bond acceptors (Lipinski definition) is 5. The molecule has 11 heteroatoms. The van der Waals surface area contributed by atoms with Crippen molar-refractivity contribution in [2.45, 2.75) is 69.1 Å². The number of carbonyl (C=O) groups is 2. The molecule has 4 atom stereocenters. The van der Waals surface area contributed by atoms with Gasteiger partial charge in [0.15, 0.2) is 9.84 Å². The highest BCUT2D eigenvalue weighted by Gasteiger charge is 2.52. The molecular weight excluding hydrogens is 617 g/mol. The van der Waals surface area contributed by atoms with Crippen molar-refractivity contribution in [2.75, 3.05) is 5.75 Å². The zero-order valence-electron chi connectivity index (χ0n) is 21.2. The van der Waals surface area contributed by atoms with Crippen molar-refractivity contribution >= 4 is 60.8 Å². The topological polar surface area (TPSA) is 101 Å². The highest BCUT2D eigenvalue weighted by molar-refractivity contribution is 9.10. The lowest BCUT2D eigenvalue weighted by Gasteiger charge is -2.48. The molecule has 0 radical (unpaired) electrons. The molecule has 0 aromatic heterocycles. The Morgan fingerprint density at radius 3 is 2.26 bits per heavy atom. The fraction of sp³-hybridized carbons (Fsp3) is 0.481. The van der Waals surface area contributed by atoms with Crippen molar-refractivity contribution < 1.29 is 27.9 Å². The van der Waals surface area contributed by atoms with Gasteiger partial charge in [0.1, 0.15) is 12.2 Å². The Morgan fingerprint density at radius 2 is 1.74 bits per heavy atom. The summed E-state index contributed by atoms with van der Waals surface area (Å²) in [5, 5.41) is 10.5. The lowest BCUT2D eigenvalue weighted by atomic mass is 9.89. The fourth-order valence-corrected chi connectivity index (χ4v) is 6.71.